The molecule has 0 aliphatic carbocycles. The minimum absolute atomic E-state index is 0.936. The van der Waals surface area contributed by atoms with Crippen molar-refractivity contribution in [3.05, 3.63) is 24.3 Å². The molecule has 0 atom stereocenters. The van der Waals surface area contributed by atoms with Crippen molar-refractivity contribution in [2.45, 2.75) is 52.4 Å². The van der Waals surface area contributed by atoms with Crippen LogP contribution in [-0.4, -0.2) is 20.2 Å². The van der Waals surface area contributed by atoms with Gasteiger partial charge in [0.2, 0.25) is 0 Å². The minimum atomic E-state index is 0.936. The van der Waals surface area contributed by atoms with E-state index >= 15 is 0 Å². The molecule has 0 amide bonds. The molecule has 0 fully saturated rings. The van der Waals surface area contributed by atoms with Crippen molar-refractivity contribution in [1.29, 1.82) is 0 Å². The molecule has 0 bridgehead atoms. The average Bonchev–Trinajstić information content (AvgIpc) is 2.46. The van der Waals surface area contributed by atoms with Gasteiger partial charge in [0.25, 0.3) is 0 Å². The second-order valence-corrected chi connectivity index (χ2v) is 5.10. The molecule has 0 N–H and O–H groups in total. The van der Waals surface area contributed by atoms with Crippen LogP contribution >= 0.6 is 0 Å². The van der Waals surface area contributed by atoms with Gasteiger partial charge in [0.15, 0.2) is 0 Å². The van der Waals surface area contributed by atoms with Crippen LogP contribution in [0.3, 0.4) is 0 Å². The Labute approximate surface area is 118 Å². The largest absolute Gasteiger partial charge is 0.497 e. The van der Waals surface area contributed by atoms with Crippen LogP contribution < -0.4 is 9.64 Å². The number of hydrogen-bond acceptors (Lipinski definition) is 2. The fourth-order valence-electron chi connectivity index (χ4n) is 2.27. The molecule has 108 valence electrons. The molecule has 1 rings (SSSR count). The SMILES string of the molecule is CCCCCN(CCCCC)c1ccc(OC)cc1. The first-order chi connectivity index (χ1) is 9.31. The number of methoxy groups -OCH3 is 1. The van der Waals surface area contributed by atoms with Gasteiger partial charge >= 0.3 is 0 Å². The van der Waals surface area contributed by atoms with Crippen molar-refractivity contribution >= 4 is 5.69 Å². The van der Waals surface area contributed by atoms with Crippen molar-refractivity contribution in [2.75, 3.05) is 25.1 Å². The van der Waals surface area contributed by atoms with Gasteiger partial charge in [-0.2, -0.15) is 0 Å². The Morgan fingerprint density at radius 2 is 1.37 bits per heavy atom. The number of rotatable bonds is 10. The van der Waals surface area contributed by atoms with Crippen LogP contribution in [-0.2, 0) is 0 Å². The fraction of sp³-hybridized carbons (Fsp3) is 0.647. The van der Waals surface area contributed by atoms with E-state index in [1.54, 1.807) is 7.11 Å². The second-order valence-electron chi connectivity index (χ2n) is 5.10. The summed E-state index contributed by atoms with van der Waals surface area (Å²) in [7, 11) is 1.72. The van der Waals surface area contributed by atoms with Gasteiger partial charge in [0, 0.05) is 18.8 Å². The standard InChI is InChI=1S/C17H29NO/c1-4-6-8-14-18(15-9-7-5-2)16-10-12-17(19-3)13-11-16/h10-13H,4-9,14-15H2,1-3H3. The minimum Gasteiger partial charge on any atom is -0.497 e. The van der Waals surface area contributed by atoms with E-state index in [1.165, 1.54) is 57.3 Å². The third-order valence-electron chi connectivity index (χ3n) is 3.50. The zero-order valence-electron chi connectivity index (χ0n) is 12.8. The van der Waals surface area contributed by atoms with E-state index in [2.05, 4.69) is 43.0 Å². The quantitative estimate of drug-likeness (QED) is 0.558. The summed E-state index contributed by atoms with van der Waals surface area (Å²) in [6.45, 7) is 6.86. The molecular weight excluding hydrogens is 234 g/mol. The predicted molar refractivity (Wildman–Crippen MR) is 84.3 cm³/mol. The van der Waals surface area contributed by atoms with Crippen LogP contribution in [0.4, 0.5) is 5.69 Å². The maximum Gasteiger partial charge on any atom is 0.119 e. The summed E-state index contributed by atoms with van der Waals surface area (Å²) in [5, 5.41) is 0. The summed E-state index contributed by atoms with van der Waals surface area (Å²) in [6.07, 6.45) is 7.78. The highest BCUT2D eigenvalue weighted by Crippen LogP contribution is 2.20. The van der Waals surface area contributed by atoms with Crippen molar-refractivity contribution in [3.8, 4) is 5.75 Å². The second kappa shape index (κ2) is 9.71. The first-order valence-electron chi connectivity index (χ1n) is 7.70. The molecule has 0 saturated heterocycles. The van der Waals surface area contributed by atoms with E-state index in [0.717, 1.165) is 5.75 Å². The fourth-order valence-corrected chi connectivity index (χ4v) is 2.27. The molecule has 2 heteroatoms. The number of benzene rings is 1. The zero-order valence-corrected chi connectivity index (χ0v) is 12.8. The first-order valence-corrected chi connectivity index (χ1v) is 7.70. The van der Waals surface area contributed by atoms with Crippen LogP contribution in [0.5, 0.6) is 5.75 Å². The van der Waals surface area contributed by atoms with Gasteiger partial charge in [-0.15, -0.1) is 0 Å². The molecule has 2 nitrogen and oxygen atoms in total. The van der Waals surface area contributed by atoms with E-state index in [4.69, 9.17) is 4.74 Å². The molecule has 0 saturated carbocycles. The topological polar surface area (TPSA) is 12.5 Å². The van der Waals surface area contributed by atoms with Gasteiger partial charge in [-0.05, 0) is 37.1 Å². The highest BCUT2D eigenvalue weighted by Gasteiger charge is 2.06. The van der Waals surface area contributed by atoms with Crippen molar-refractivity contribution in [2.24, 2.45) is 0 Å². The van der Waals surface area contributed by atoms with Crippen LogP contribution in [0.2, 0.25) is 0 Å². The van der Waals surface area contributed by atoms with E-state index in [0.29, 0.717) is 0 Å². The Balaban J connectivity index is 2.58. The predicted octanol–water partition coefficient (Wildman–Crippen LogP) is 4.88. The molecule has 0 heterocycles. The summed E-state index contributed by atoms with van der Waals surface area (Å²) < 4.78 is 5.23. The Morgan fingerprint density at radius 3 is 1.79 bits per heavy atom. The number of hydrogen-bond donors (Lipinski definition) is 0. The molecule has 0 spiro atoms. The van der Waals surface area contributed by atoms with Gasteiger partial charge in [0.05, 0.1) is 7.11 Å². The number of ether oxygens (including phenoxy) is 1. The molecule has 1 aromatic rings. The maximum absolute atomic E-state index is 5.23. The molecule has 0 aliphatic rings. The number of nitrogens with zero attached hydrogens (tertiary/aromatic N) is 1. The Bertz CT molecular complexity index is 311. The Kier molecular flexibility index (Phi) is 8.11. The molecule has 0 aliphatic heterocycles. The smallest absolute Gasteiger partial charge is 0.119 e. The Hall–Kier alpha value is -1.18. The lowest BCUT2D eigenvalue weighted by Gasteiger charge is -2.25. The summed E-state index contributed by atoms with van der Waals surface area (Å²) in [5.41, 5.74) is 1.33. The summed E-state index contributed by atoms with van der Waals surface area (Å²) in [4.78, 5) is 2.52. The molecule has 1 aromatic carbocycles. The van der Waals surface area contributed by atoms with Gasteiger partial charge in [-0.1, -0.05) is 39.5 Å². The van der Waals surface area contributed by atoms with Crippen LogP contribution in [0.25, 0.3) is 0 Å². The van der Waals surface area contributed by atoms with Gasteiger partial charge in [0.1, 0.15) is 5.75 Å². The van der Waals surface area contributed by atoms with Gasteiger partial charge in [-0.3, -0.25) is 0 Å². The van der Waals surface area contributed by atoms with Crippen LogP contribution in [0.15, 0.2) is 24.3 Å². The molecule has 0 aromatic heterocycles. The van der Waals surface area contributed by atoms with Crippen molar-refractivity contribution in [3.63, 3.8) is 0 Å². The summed E-state index contributed by atoms with van der Waals surface area (Å²) >= 11 is 0. The zero-order chi connectivity index (χ0) is 13.9. The van der Waals surface area contributed by atoms with E-state index < -0.39 is 0 Å². The highest BCUT2D eigenvalue weighted by atomic mass is 16.5. The summed E-state index contributed by atoms with van der Waals surface area (Å²) in [6, 6.07) is 8.47. The van der Waals surface area contributed by atoms with Gasteiger partial charge < -0.3 is 9.64 Å². The molecule has 0 unspecified atom stereocenters. The molecule has 0 radical (unpaired) electrons. The van der Waals surface area contributed by atoms with Crippen molar-refractivity contribution in [1.82, 2.24) is 0 Å². The maximum atomic E-state index is 5.23. The normalized spacial score (nSPS) is 10.5. The average molecular weight is 263 g/mol. The van der Waals surface area contributed by atoms with E-state index in [-0.39, 0.29) is 0 Å². The third-order valence-corrected chi connectivity index (χ3v) is 3.50. The van der Waals surface area contributed by atoms with Crippen LogP contribution in [0, 0.1) is 0 Å². The van der Waals surface area contributed by atoms with Crippen molar-refractivity contribution < 1.29 is 4.74 Å². The lowest BCUT2D eigenvalue weighted by atomic mass is 10.2. The first kappa shape index (κ1) is 15.9. The monoisotopic (exact) mass is 263 g/mol. The number of anilines is 1. The molecular formula is C17H29NO. The third kappa shape index (κ3) is 6.00. The lowest BCUT2D eigenvalue weighted by molar-refractivity contribution is 0.415. The van der Waals surface area contributed by atoms with E-state index in [9.17, 15) is 0 Å². The number of unbranched alkanes of at least 4 members (excludes halogenated alkanes) is 4. The highest BCUT2D eigenvalue weighted by molar-refractivity contribution is 5.49. The van der Waals surface area contributed by atoms with Crippen LogP contribution in [0.1, 0.15) is 52.4 Å². The molecule has 19 heavy (non-hydrogen) atoms. The van der Waals surface area contributed by atoms with E-state index in [1.807, 2.05) is 0 Å². The lowest BCUT2D eigenvalue weighted by Crippen LogP contribution is -2.25. The summed E-state index contributed by atoms with van der Waals surface area (Å²) in [5.74, 6) is 0.936. The Morgan fingerprint density at radius 1 is 0.842 bits per heavy atom. The van der Waals surface area contributed by atoms with Gasteiger partial charge in [-0.25, -0.2) is 0 Å².